The van der Waals surface area contributed by atoms with Crippen molar-refractivity contribution >= 4 is 17.6 Å². The second-order valence-electron chi connectivity index (χ2n) is 2.68. The number of carbonyl (C=O) groups excluding carboxylic acids is 2. The van der Waals surface area contributed by atoms with E-state index in [0.717, 1.165) is 4.90 Å². The number of fused-ring (bicyclic) bond motifs is 1. The van der Waals surface area contributed by atoms with Crippen molar-refractivity contribution in [1.82, 2.24) is 4.98 Å². The smallest absolute Gasteiger partial charge is 0.326 e. The lowest BCUT2D eigenvalue weighted by Crippen LogP contribution is -2.46. The maximum Gasteiger partial charge on any atom is 0.326 e. The van der Waals surface area contributed by atoms with Crippen LogP contribution in [0.25, 0.3) is 0 Å². The Morgan fingerprint density at radius 1 is 1.64 bits per heavy atom. The average Bonchev–Trinajstić information content (AvgIpc) is 2.17. The SMILES string of the molecule is NC(=O)N1C(=O)COc2ncccc21. The summed E-state index contributed by atoms with van der Waals surface area (Å²) in [6.45, 7) is -0.215. The van der Waals surface area contributed by atoms with Crippen LogP contribution in [0.15, 0.2) is 18.3 Å². The number of nitrogens with two attached hydrogens (primary N) is 1. The lowest BCUT2D eigenvalue weighted by atomic mass is 10.3. The monoisotopic (exact) mass is 193 g/mol. The van der Waals surface area contributed by atoms with Crippen molar-refractivity contribution in [3.05, 3.63) is 18.3 Å². The van der Waals surface area contributed by atoms with Crippen molar-refractivity contribution in [3.8, 4) is 5.88 Å². The minimum atomic E-state index is -0.826. The minimum absolute atomic E-state index is 0.215. The molecule has 3 amide bonds. The standard InChI is InChI=1S/C8H7N3O3/c9-8(13)11-5-2-1-3-10-7(5)14-4-6(11)12/h1-3H,4H2,(H2,9,13). The number of anilines is 1. The molecule has 1 aromatic heterocycles. The summed E-state index contributed by atoms with van der Waals surface area (Å²) < 4.78 is 5.01. The van der Waals surface area contributed by atoms with Gasteiger partial charge in [-0.05, 0) is 12.1 Å². The Labute approximate surface area is 79.3 Å². The second kappa shape index (κ2) is 2.99. The highest BCUT2D eigenvalue weighted by molar-refractivity contribution is 6.15. The van der Waals surface area contributed by atoms with Gasteiger partial charge in [-0.15, -0.1) is 0 Å². The van der Waals surface area contributed by atoms with Gasteiger partial charge in [0.15, 0.2) is 6.61 Å². The molecular formula is C8H7N3O3. The summed E-state index contributed by atoms with van der Waals surface area (Å²) in [6.07, 6.45) is 1.51. The van der Waals surface area contributed by atoms with Crippen LogP contribution in [0.1, 0.15) is 0 Å². The minimum Gasteiger partial charge on any atom is -0.466 e. The van der Waals surface area contributed by atoms with Crippen LogP contribution in [0.5, 0.6) is 5.88 Å². The number of carbonyl (C=O) groups is 2. The third-order valence-corrected chi connectivity index (χ3v) is 1.79. The highest BCUT2D eigenvalue weighted by Gasteiger charge is 2.29. The van der Waals surface area contributed by atoms with Gasteiger partial charge in [-0.2, -0.15) is 0 Å². The number of ether oxygens (including phenoxy) is 1. The quantitative estimate of drug-likeness (QED) is 0.622. The van der Waals surface area contributed by atoms with Gasteiger partial charge in [0.25, 0.3) is 5.91 Å². The third-order valence-electron chi connectivity index (χ3n) is 1.79. The fourth-order valence-electron chi connectivity index (χ4n) is 1.23. The molecule has 2 heterocycles. The van der Waals surface area contributed by atoms with Gasteiger partial charge in [0.2, 0.25) is 5.88 Å². The van der Waals surface area contributed by atoms with Crippen LogP contribution in [0.2, 0.25) is 0 Å². The topological polar surface area (TPSA) is 85.5 Å². The maximum absolute atomic E-state index is 11.3. The van der Waals surface area contributed by atoms with Gasteiger partial charge < -0.3 is 10.5 Å². The first-order valence-corrected chi connectivity index (χ1v) is 3.90. The van der Waals surface area contributed by atoms with Crippen LogP contribution >= 0.6 is 0 Å². The molecule has 6 nitrogen and oxygen atoms in total. The molecule has 72 valence electrons. The number of hydrogen-bond acceptors (Lipinski definition) is 4. The summed E-state index contributed by atoms with van der Waals surface area (Å²) in [5, 5.41) is 0. The predicted molar refractivity (Wildman–Crippen MR) is 46.8 cm³/mol. The number of hydrogen-bond donors (Lipinski definition) is 1. The van der Waals surface area contributed by atoms with Crippen LogP contribution in [-0.4, -0.2) is 23.5 Å². The zero-order valence-corrected chi connectivity index (χ0v) is 7.14. The molecule has 0 saturated carbocycles. The lowest BCUT2D eigenvalue weighted by molar-refractivity contribution is -0.120. The van der Waals surface area contributed by atoms with Gasteiger partial charge in [0, 0.05) is 6.20 Å². The fourth-order valence-corrected chi connectivity index (χ4v) is 1.23. The van der Waals surface area contributed by atoms with E-state index in [1.807, 2.05) is 0 Å². The molecule has 0 atom stereocenters. The van der Waals surface area contributed by atoms with Crippen molar-refractivity contribution < 1.29 is 14.3 Å². The molecule has 0 spiro atoms. The van der Waals surface area contributed by atoms with E-state index in [1.165, 1.54) is 6.20 Å². The third kappa shape index (κ3) is 1.17. The molecule has 0 fully saturated rings. The Bertz CT molecular complexity index is 405. The summed E-state index contributed by atoms with van der Waals surface area (Å²) in [7, 11) is 0. The highest BCUT2D eigenvalue weighted by atomic mass is 16.5. The van der Waals surface area contributed by atoms with Crippen molar-refractivity contribution in [2.45, 2.75) is 0 Å². The Balaban J connectivity index is 2.51. The number of imide groups is 1. The largest absolute Gasteiger partial charge is 0.466 e. The number of amides is 3. The summed E-state index contributed by atoms with van der Waals surface area (Å²) >= 11 is 0. The lowest BCUT2D eigenvalue weighted by Gasteiger charge is -2.24. The van der Waals surface area contributed by atoms with E-state index < -0.39 is 11.9 Å². The molecule has 14 heavy (non-hydrogen) atoms. The van der Waals surface area contributed by atoms with Crippen molar-refractivity contribution in [3.63, 3.8) is 0 Å². The van der Waals surface area contributed by atoms with Gasteiger partial charge in [0.1, 0.15) is 5.69 Å². The number of aromatic nitrogens is 1. The predicted octanol–water partition coefficient (Wildman–Crippen LogP) is -0.114. The van der Waals surface area contributed by atoms with Crippen LogP contribution < -0.4 is 15.4 Å². The second-order valence-corrected chi connectivity index (χ2v) is 2.68. The molecule has 0 aromatic carbocycles. The maximum atomic E-state index is 11.3. The van der Waals surface area contributed by atoms with E-state index >= 15 is 0 Å². The van der Waals surface area contributed by atoms with Crippen LogP contribution in [0, 0.1) is 0 Å². The van der Waals surface area contributed by atoms with Crippen molar-refractivity contribution in [2.24, 2.45) is 5.73 Å². The zero-order chi connectivity index (χ0) is 10.1. The molecule has 2 rings (SSSR count). The van der Waals surface area contributed by atoms with Gasteiger partial charge in [-0.1, -0.05) is 0 Å². The Kier molecular flexibility index (Phi) is 1.81. The van der Waals surface area contributed by atoms with E-state index in [-0.39, 0.29) is 18.2 Å². The van der Waals surface area contributed by atoms with Crippen LogP contribution in [0.4, 0.5) is 10.5 Å². The molecule has 0 aliphatic carbocycles. The fraction of sp³-hybridized carbons (Fsp3) is 0.125. The van der Waals surface area contributed by atoms with E-state index in [0.29, 0.717) is 0 Å². The summed E-state index contributed by atoms with van der Waals surface area (Å²) in [4.78, 5) is 27.0. The molecule has 0 bridgehead atoms. The molecule has 0 radical (unpaired) electrons. The molecule has 2 N–H and O–H groups in total. The number of nitrogens with zero attached hydrogens (tertiary/aromatic N) is 2. The summed E-state index contributed by atoms with van der Waals surface area (Å²) in [5.41, 5.74) is 5.34. The van der Waals surface area contributed by atoms with E-state index in [2.05, 4.69) is 4.98 Å². The average molecular weight is 193 g/mol. The molecular weight excluding hydrogens is 186 g/mol. The van der Waals surface area contributed by atoms with E-state index in [1.54, 1.807) is 12.1 Å². The Hall–Kier alpha value is -2.11. The van der Waals surface area contributed by atoms with Crippen molar-refractivity contribution in [2.75, 3.05) is 11.5 Å². The van der Waals surface area contributed by atoms with Gasteiger partial charge >= 0.3 is 6.03 Å². The first-order valence-electron chi connectivity index (χ1n) is 3.90. The van der Waals surface area contributed by atoms with Crippen LogP contribution in [-0.2, 0) is 4.79 Å². The number of primary amides is 1. The van der Waals surface area contributed by atoms with E-state index in [9.17, 15) is 9.59 Å². The molecule has 0 saturated heterocycles. The summed E-state index contributed by atoms with van der Waals surface area (Å²) in [5.74, 6) is -0.246. The van der Waals surface area contributed by atoms with Gasteiger partial charge in [-0.3, -0.25) is 4.79 Å². The molecule has 6 heteroatoms. The van der Waals surface area contributed by atoms with E-state index in [4.69, 9.17) is 10.5 Å². The molecule has 1 aliphatic rings. The van der Waals surface area contributed by atoms with Crippen LogP contribution in [0.3, 0.4) is 0 Å². The van der Waals surface area contributed by atoms with Gasteiger partial charge in [-0.25, -0.2) is 14.7 Å². The zero-order valence-electron chi connectivity index (χ0n) is 7.14. The normalized spacial score (nSPS) is 14.6. The number of pyridine rings is 1. The Morgan fingerprint density at radius 3 is 3.14 bits per heavy atom. The summed E-state index contributed by atoms with van der Waals surface area (Å²) in [6, 6.07) is 2.31. The molecule has 0 unspecified atom stereocenters. The first kappa shape index (κ1) is 8.49. The Morgan fingerprint density at radius 2 is 2.43 bits per heavy atom. The molecule has 1 aromatic rings. The van der Waals surface area contributed by atoms with Crippen molar-refractivity contribution in [1.29, 1.82) is 0 Å². The highest BCUT2D eigenvalue weighted by Crippen LogP contribution is 2.28. The number of urea groups is 1. The first-order chi connectivity index (χ1) is 6.70. The van der Waals surface area contributed by atoms with Gasteiger partial charge in [0.05, 0.1) is 0 Å². The molecule has 1 aliphatic heterocycles. The number of rotatable bonds is 0.